The van der Waals surface area contributed by atoms with Gasteiger partial charge in [0.1, 0.15) is 0 Å². The molecule has 5 nitrogen and oxygen atoms in total. The van der Waals surface area contributed by atoms with Gasteiger partial charge in [0.15, 0.2) is 5.82 Å². The Morgan fingerprint density at radius 3 is 2.47 bits per heavy atom. The first-order valence-corrected chi connectivity index (χ1v) is 5.01. The van der Waals surface area contributed by atoms with Gasteiger partial charge in [-0.3, -0.25) is 9.89 Å². The van der Waals surface area contributed by atoms with Crippen LogP contribution < -0.4 is 11.1 Å². The zero-order valence-electron chi connectivity index (χ0n) is 9.59. The molecular weight excluding hydrogens is 192 g/mol. The highest BCUT2D eigenvalue weighted by Gasteiger charge is 2.18. The molecule has 5 heteroatoms. The summed E-state index contributed by atoms with van der Waals surface area (Å²) in [6.07, 6.45) is 0. The molecule has 0 saturated carbocycles. The predicted octanol–water partition coefficient (Wildman–Crippen LogP) is 0.948. The molecular formula is C10H18N4O. The fraction of sp³-hybridized carbons (Fsp3) is 0.600. The van der Waals surface area contributed by atoms with Crippen LogP contribution in [0.5, 0.6) is 0 Å². The Balaban J connectivity index is 2.71. The first kappa shape index (κ1) is 11.7. The lowest BCUT2D eigenvalue weighted by molar-refractivity contribution is -0.119. The molecule has 1 amide bonds. The highest BCUT2D eigenvalue weighted by molar-refractivity contribution is 5.92. The van der Waals surface area contributed by atoms with Gasteiger partial charge in [0.2, 0.25) is 5.91 Å². The van der Waals surface area contributed by atoms with Crippen molar-refractivity contribution in [3.05, 3.63) is 11.3 Å². The van der Waals surface area contributed by atoms with Gasteiger partial charge in [-0.1, -0.05) is 6.92 Å². The van der Waals surface area contributed by atoms with Crippen molar-refractivity contribution in [2.75, 3.05) is 5.32 Å². The van der Waals surface area contributed by atoms with Crippen molar-refractivity contribution >= 4 is 11.7 Å². The quantitative estimate of drug-likeness (QED) is 0.694. The lowest BCUT2D eigenvalue weighted by Gasteiger charge is -2.14. The van der Waals surface area contributed by atoms with Crippen molar-refractivity contribution < 1.29 is 4.79 Å². The minimum atomic E-state index is -0.221. The molecule has 1 aromatic heterocycles. The molecule has 0 aliphatic carbocycles. The smallest absolute Gasteiger partial charge is 0.229 e. The second-order valence-electron chi connectivity index (χ2n) is 3.96. The van der Waals surface area contributed by atoms with Gasteiger partial charge in [0.25, 0.3) is 0 Å². The number of carbonyl (C=O) groups excluding carboxylic acids is 1. The fourth-order valence-corrected chi connectivity index (χ4v) is 1.08. The van der Waals surface area contributed by atoms with E-state index in [0.29, 0.717) is 5.82 Å². The van der Waals surface area contributed by atoms with Gasteiger partial charge in [0, 0.05) is 17.3 Å². The minimum absolute atomic E-state index is 0.0976. The zero-order chi connectivity index (χ0) is 11.6. The van der Waals surface area contributed by atoms with Crippen molar-refractivity contribution in [3.8, 4) is 0 Å². The predicted molar refractivity (Wildman–Crippen MR) is 59.5 cm³/mol. The van der Waals surface area contributed by atoms with Crippen LogP contribution in [0.4, 0.5) is 5.82 Å². The minimum Gasteiger partial charge on any atom is -0.327 e. The number of aromatic nitrogens is 2. The number of aryl methyl sites for hydroxylation is 1. The van der Waals surface area contributed by atoms with E-state index in [1.54, 1.807) is 6.92 Å². The molecule has 0 aliphatic heterocycles. The van der Waals surface area contributed by atoms with Crippen molar-refractivity contribution in [2.45, 2.75) is 33.7 Å². The molecule has 0 fully saturated rings. The summed E-state index contributed by atoms with van der Waals surface area (Å²) in [6, 6.07) is -0.162. The van der Waals surface area contributed by atoms with Gasteiger partial charge in [-0.15, -0.1) is 0 Å². The largest absolute Gasteiger partial charge is 0.327 e. The molecule has 15 heavy (non-hydrogen) atoms. The Bertz CT molecular complexity index is 356. The number of nitrogens with zero attached hydrogens (tertiary/aromatic N) is 1. The van der Waals surface area contributed by atoms with E-state index >= 15 is 0 Å². The van der Waals surface area contributed by atoms with Crippen molar-refractivity contribution in [1.29, 1.82) is 0 Å². The van der Waals surface area contributed by atoms with E-state index in [-0.39, 0.29) is 17.9 Å². The van der Waals surface area contributed by atoms with E-state index in [0.717, 1.165) is 11.3 Å². The van der Waals surface area contributed by atoms with E-state index in [9.17, 15) is 4.79 Å². The summed E-state index contributed by atoms with van der Waals surface area (Å²) < 4.78 is 0. The maximum Gasteiger partial charge on any atom is 0.229 e. The Morgan fingerprint density at radius 1 is 1.47 bits per heavy atom. The Kier molecular flexibility index (Phi) is 3.47. The molecule has 84 valence electrons. The molecule has 0 spiro atoms. The second kappa shape index (κ2) is 4.44. The summed E-state index contributed by atoms with van der Waals surface area (Å²) in [5.74, 6) is 0.269. The maximum atomic E-state index is 11.7. The van der Waals surface area contributed by atoms with Gasteiger partial charge in [-0.2, -0.15) is 5.10 Å². The second-order valence-corrected chi connectivity index (χ2v) is 3.96. The number of hydrogen-bond acceptors (Lipinski definition) is 3. The first-order chi connectivity index (χ1) is 6.93. The highest BCUT2D eigenvalue weighted by atomic mass is 16.2. The van der Waals surface area contributed by atoms with Crippen LogP contribution in [0.15, 0.2) is 0 Å². The molecule has 2 unspecified atom stereocenters. The van der Waals surface area contributed by atoms with Gasteiger partial charge in [-0.05, 0) is 20.8 Å². The van der Waals surface area contributed by atoms with Gasteiger partial charge < -0.3 is 11.1 Å². The monoisotopic (exact) mass is 210 g/mol. The van der Waals surface area contributed by atoms with Gasteiger partial charge >= 0.3 is 0 Å². The number of amides is 1. The van der Waals surface area contributed by atoms with Crippen LogP contribution >= 0.6 is 0 Å². The third-order valence-electron chi connectivity index (χ3n) is 2.70. The molecule has 0 saturated heterocycles. The molecule has 0 aliphatic rings. The van der Waals surface area contributed by atoms with Crippen molar-refractivity contribution in [3.63, 3.8) is 0 Å². The third-order valence-corrected chi connectivity index (χ3v) is 2.70. The molecule has 1 rings (SSSR count). The normalized spacial score (nSPS) is 14.7. The molecule has 1 heterocycles. The fourth-order valence-electron chi connectivity index (χ4n) is 1.08. The van der Waals surface area contributed by atoms with E-state index in [2.05, 4.69) is 15.5 Å². The summed E-state index contributed by atoms with van der Waals surface area (Å²) in [5, 5.41) is 9.56. The number of carbonyl (C=O) groups is 1. The number of hydrogen-bond donors (Lipinski definition) is 3. The van der Waals surface area contributed by atoms with Gasteiger partial charge in [-0.25, -0.2) is 0 Å². The van der Waals surface area contributed by atoms with Crippen LogP contribution in [-0.4, -0.2) is 22.1 Å². The lowest BCUT2D eigenvalue weighted by Crippen LogP contribution is -2.34. The highest BCUT2D eigenvalue weighted by Crippen LogP contribution is 2.15. The average molecular weight is 210 g/mol. The lowest BCUT2D eigenvalue weighted by atomic mass is 10.0. The van der Waals surface area contributed by atoms with Crippen LogP contribution in [0.2, 0.25) is 0 Å². The van der Waals surface area contributed by atoms with E-state index in [1.165, 1.54) is 0 Å². The summed E-state index contributed by atoms with van der Waals surface area (Å²) >= 11 is 0. The first-order valence-electron chi connectivity index (χ1n) is 5.01. The Labute approximate surface area is 89.4 Å². The molecule has 4 N–H and O–H groups in total. The number of nitrogens with one attached hydrogen (secondary N) is 2. The topological polar surface area (TPSA) is 83.8 Å². The van der Waals surface area contributed by atoms with Gasteiger partial charge in [0.05, 0.1) is 5.92 Å². The maximum absolute atomic E-state index is 11.7. The standard InChI is InChI=1S/C10H18N4O/c1-5(7(3)11)10(15)12-9-6(2)8(4)13-14-9/h5,7H,11H2,1-4H3,(H2,12,13,14,15). The van der Waals surface area contributed by atoms with Crippen LogP contribution in [0, 0.1) is 19.8 Å². The van der Waals surface area contributed by atoms with E-state index < -0.39 is 0 Å². The van der Waals surface area contributed by atoms with Crippen LogP contribution in [0.1, 0.15) is 25.1 Å². The third kappa shape index (κ3) is 2.56. The summed E-state index contributed by atoms with van der Waals surface area (Å²) in [4.78, 5) is 11.7. The molecule has 0 radical (unpaired) electrons. The summed E-state index contributed by atoms with van der Waals surface area (Å²) in [5.41, 5.74) is 7.56. The van der Waals surface area contributed by atoms with Crippen molar-refractivity contribution in [2.24, 2.45) is 11.7 Å². The van der Waals surface area contributed by atoms with Crippen molar-refractivity contribution in [1.82, 2.24) is 10.2 Å². The van der Waals surface area contributed by atoms with Crippen LogP contribution in [-0.2, 0) is 4.79 Å². The zero-order valence-corrected chi connectivity index (χ0v) is 9.59. The van der Waals surface area contributed by atoms with Crippen LogP contribution in [0.3, 0.4) is 0 Å². The number of H-pyrrole nitrogens is 1. The SMILES string of the molecule is Cc1[nH]nc(NC(=O)C(C)C(C)N)c1C. The molecule has 0 aromatic carbocycles. The van der Waals surface area contributed by atoms with E-state index in [4.69, 9.17) is 5.73 Å². The molecule has 2 atom stereocenters. The number of aromatic amines is 1. The number of nitrogens with two attached hydrogens (primary N) is 1. The summed E-state index contributed by atoms with van der Waals surface area (Å²) in [6.45, 7) is 7.43. The number of rotatable bonds is 3. The Morgan fingerprint density at radius 2 is 2.07 bits per heavy atom. The van der Waals surface area contributed by atoms with Crippen LogP contribution in [0.25, 0.3) is 0 Å². The summed E-state index contributed by atoms with van der Waals surface area (Å²) in [7, 11) is 0. The van der Waals surface area contributed by atoms with E-state index in [1.807, 2.05) is 20.8 Å². The molecule has 0 bridgehead atoms. The number of anilines is 1. The molecule has 1 aromatic rings. The Hall–Kier alpha value is -1.36. The average Bonchev–Trinajstić information content (AvgIpc) is 2.48.